The predicted molar refractivity (Wildman–Crippen MR) is 137 cm³/mol. The molecule has 0 aliphatic carbocycles. The SMILES string of the molecule is N[C@H]1CC[C@@H]([C@H](COCc2ccccc2)N(Cc2ccccc2)C(=O)OCc2ccccc2)OC1O. The second kappa shape index (κ2) is 13.2. The minimum absolute atomic E-state index is 0.154. The van der Waals surface area contributed by atoms with Crippen molar-refractivity contribution in [2.75, 3.05) is 6.61 Å². The van der Waals surface area contributed by atoms with E-state index in [9.17, 15) is 9.90 Å². The Morgan fingerprint density at radius 2 is 1.44 bits per heavy atom. The van der Waals surface area contributed by atoms with E-state index in [0.717, 1.165) is 16.7 Å². The number of rotatable bonds is 10. The summed E-state index contributed by atoms with van der Waals surface area (Å²) in [5.74, 6) is 0. The van der Waals surface area contributed by atoms with Crippen LogP contribution < -0.4 is 5.73 Å². The second-order valence-corrected chi connectivity index (χ2v) is 9.03. The summed E-state index contributed by atoms with van der Waals surface area (Å²) in [6.07, 6.45) is -0.847. The van der Waals surface area contributed by atoms with Crippen molar-refractivity contribution in [3.63, 3.8) is 0 Å². The Hall–Kier alpha value is -3.23. The highest BCUT2D eigenvalue weighted by Gasteiger charge is 2.38. The molecule has 0 saturated carbocycles. The first-order valence-electron chi connectivity index (χ1n) is 12.3. The zero-order chi connectivity index (χ0) is 25.2. The molecule has 0 spiro atoms. The van der Waals surface area contributed by atoms with Crippen LogP contribution in [0.25, 0.3) is 0 Å². The molecule has 1 aliphatic rings. The molecule has 3 aromatic rings. The van der Waals surface area contributed by atoms with Gasteiger partial charge in [-0.3, -0.25) is 4.90 Å². The van der Waals surface area contributed by atoms with E-state index in [2.05, 4.69) is 0 Å². The van der Waals surface area contributed by atoms with E-state index in [1.54, 1.807) is 4.90 Å². The molecule has 7 heteroatoms. The zero-order valence-corrected chi connectivity index (χ0v) is 20.3. The van der Waals surface area contributed by atoms with Gasteiger partial charge in [-0.2, -0.15) is 0 Å². The molecule has 1 fully saturated rings. The van der Waals surface area contributed by atoms with Crippen LogP contribution in [0.3, 0.4) is 0 Å². The van der Waals surface area contributed by atoms with Crippen LogP contribution in [0.5, 0.6) is 0 Å². The Morgan fingerprint density at radius 3 is 2.03 bits per heavy atom. The number of hydrogen-bond acceptors (Lipinski definition) is 6. The fourth-order valence-electron chi connectivity index (χ4n) is 4.30. The third-order valence-corrected chi connectivity index (χ3v) is 6.33. The highest BCUT2D eigenvalue weighted by Crippen LogP contribution is 2.25. The molecule has 1 saturated heterocycles. The monoisotopic (exact) mass is 490 g/mol. The Kier molecular flexibility index (Phi) is 9.47. The van der Waals surface area contributed by atoms with Gasteiger partial charge in [0.05, 0.1) is 31.4 Å². The van der Waals surface area contributed by atoms with Gasteiger partial charge in [0.15, 0.2) is 6.29 Å². The molecule has 3 aromatic carbocycles. The lowest BCUT2D eigenvalue weighted by atomic mass is 9.98. The number of aliphatic hydroxyl groups is 1. The number of carbonyl (C=O) groups excluding carboxylic acids is 1. The van der Waals surface area contributed by atoms with Gasteiger partial charge in [-0.15, -0.1) is 0 Å². The molecule has 1 heterocycles. The van der Waals surface area contributed by atoms with Crippen molar-refractivity contribution < 1.29 is 24.1 Å². The van der Waals surface area contributed by atoms with E-state index < -0.39 is 30.6 Å². The van der Waals surface area contributed by atoms with Gasteiger partial charge < -0.3 is 25.1 Å². The molecule has 4 rings (SSSR count). The van der Waals surface area contributed by atoms with Crippen LogP contribution in [0.1, 0.15) is 29.5 Å². The van der Waals surface area contributed by atoms with E-state index in [4.69, 9.17) is 19.9 Å². The number of amides is 1. The average Bonchev–Trinajstić information content (AvgIpc) is 2.92. The van der Waals surface area contributed by atoms with Crippen molar-refractivity contribution in [3.05, 3.63) is 108 Å². The third-order valence-electron chi connectivity index (χ3n) is 6.33. The number of aliphatic hydroxyl groups excluding tert-OH is 1. The number of carbonyl (C=O) groups is 1. The van der Waals surface area contributed by atoms with Gasteiger partial charge in [0.2, 0.25) is 0 Å². The molecule has 7 nitrogen and oxygen atoms in total. The number of ether oxygens (including phenoxy) is 3. The van der Waals surface area contributed by atoms with Crippen LogP contribution in [-0.2, 0) is 34.0 Å². The van der Waals surface area contributed by atoms with Crippen molar-refractivity contribution in [2.45, 2.75) is 57.1 Å². The van der Waals surface area contributed by atoms with Crippen LogP contribution in [-0.4, -0.2) is 47.2 Å². The number of hydrogen-bond donors (Lipinski definition) is 2. The summed E-state index contributed by atoms with van der Waals surface area (Å²) in [7, 11) is 0. The molecule has 1 unspecified atom stereocenters. The molecule has 1 aliphatic heterocycles. The van der Waals surface area contributed by atoms with Gasteiger partial charge in [-0.25, -0.2) is 4.79 Å². The second-order valence-electron chi connectivity index (χ2n) is 9.03. The maximum absolute atomic E-state index is 13.5. The van der Waals surface area contributed by atoms with Crippen molar-refractivity contribution in [2.24, 2.45) is 5.73 Å². The van der Waals surface area contributed by atoms with Crippen molar-refractivity contribution in [1.82, 2.24) is 4.90 Å². The molecular weight excluding hydrogens is 456 g/mol. The molecule has 0 aromatic heterocycles. The number of nitrogens with zero attached hydrogens (tertiary/aromatic N) is 1. The summed E-state index contributed by atoms with van der Waals surface area (Å²) < 4.78 is 17.7. The zero-order valence-electron chi connectivity index (χ0n) is 20.3. The molecule has 0 bridgehead atoms. The summed E-state index contributed by atoms with van der Waals surface area (Å²) in [5.41, 5.74) is 8.86. The summed E-state index contributed by atoms with van der Waals surface area (Å²) in [5, 5.41) is 10.3. The molecular formula is C29H34N2O5. The Labute approximate surface area is 212 Å². The lowest BCUT2D eigenvalue weighted by Gasteiger charge is -2.40. The molecule has 1 amide bonds. The average molecular weight is 491 g/mol. The van der Waals surface area contributed by atoms with Gasteiger partial charge >= 0.3 is 6.09 Å². The summed E-state index contributed by atoms with van der Waals surface area (Å²) in [4.78, 5) is 15.1. The minimum atomic E-state index is -1.10. The Morgan fingerprint density at radius 1 is 0.889 bits per heavy atom. The fraction of sp³-hybridized carbons (Fsp3) is 0.345. The predicted octanol–water partition coefficient (Wildman–Crippen LogP) is 4.24. The molecule has 3 N–H and O–H groups in total. The maximum atomic E-state index is 13.5. The lowest BCUT2D eigenvalue weighted by molar-refractivity contribution is -0.194. The Balaban J connectivity index is 1.54. The first kappa shape index (κ1) is 25.9. The highest BCUT2D eigenvalue weighted by molar-refractivity contribution is 5.68. The van der Waals surface area contributed by atoms with Crippen molar-refractivity contribution in [3.8, 4) is 0 Å². The van der Waals surface area contributed by atoms with E-state index in [-0.39, 0.29) is 13.2 Å². The third kappa shape index (κ3) is 7.38. The smallest absolute Gasteiger partial charge is 0.410 e. The number of benzene rings is 3. The highest BCUT2D eigenvalue weighted by atomic mass is 16.6. The van der Waals surface area contributed by atoms with Gasteiger partial charge in [-0.1, -0.05) is 91.0 Å². The van der Waals surface area contributed by atoms with Crippen LogP contribution in [0, 0.1) is 0 Å². The van der Waals surface area contributed by atoms with E-state index in [0.29, 0.717) is 26.0 Å². The van der Waals surface area contributed by atoms with Gasteiger partial charge in [0, 0.05) is 6.54 Å². The van der Waals surface area contributed by atoms with E-state index >= 15 is 0 Å². The molecule has 190 valence electrons. The largest absolute Gasteiger partial charge is 0.445 e. The van der Waals surface area contributed by atoms with Gasteiger partial charge in [0.25, 0.3) is 0 Å². The first-order chi connectivity index (χ1) is 17.6. The standard InChI is InChI=1S/C29H34N2O5/c30-25-16-17-27(36-28(25)32)26(21-34-19-23-12-6-2-7-13-23)31(18-22-10-4-1-5-11-22)29(33)35-20-24-14-8-3-9-15-24/h1-15,25-28,32H,16-21,30H2/t25-,26-,27-,28?/m0/s1. The normalized spacial score (nSPS) is 20.4. The molecule has 36 heavy (non-hydrogen) atoms. The summed E-state index contributed by atoms with van der Waals surface area (Å²) >= 11 is 0. The van der Waals surface area contributed by atoms with Crippen LogP contribution in [0.4, 0.5) is 4.79 Å². The van der Waals surface area contributed by atoms with Gasteiger partial charge in [0.1, 0.15) is 6.61 Å². The van der Waals surface area contributed by atoms with E-state index in [1.165, 1.54) is 0 Å². The Bertz CT molecular complexity index is 1050. The minimum Gasteiger partial charge on any atom is -0.445 e. The quantitative estimate of drug-likeness (QED) is 0.442. The van der Waals surface area contributed by atoms with E-state index in [1.807, 2.05) is 91.0 Å². The fourth-order valence-corrected chi connectivity index (χ4v) is 4.30. The summed E-state index contributed by atoms with van der Waals surface area (Å²) in [6, 6.07) is 28.2. The topological polar surface area (TPSA) is 94.3 Å². The van der Waals surface area contributed by atoms with Crippen LogP contribution >= 0.6 is 0 Å². The van der Waals surface area contributed by atoms with Crippen molar-refractivity contribution in [1.29, 1.82) is 0 Å². The van der Waals surface area contributed by atoms with Crippen molar-refractivity contribution >= 4 is 6.09 Å². The first-order valence-corrected chi connectivity index (χ1v) is 12.3. The number of nitrogens with two attached hydrogens (primary N) is 1. The van der Waals surface area contributed by atoms with Gasteiger partial charge in [-0.05, 0) is 29.5 Å². The van der Waals surface area contributed by atoms with Crippen LogP contribution in [0.15, 0.2) is 91.0 Å². The maximum Gasteiger partial charge on any atom is 0.410 e. The lowest BCUT2D eigenvalue weighted by Crippen LogP contribution is -2.55. The molecule has 0 radical (unpaired) electrons. The van der Waals surface area contributed by atoms with Crippen LogP contribution in [0.2, 0.25) is 0 Å². The summed E-state index contributed by atoms with van der Waals surface area (Å²) in [6.45, 7) is 1.08. The molecule has 4 atom stereocenters.